The molecule has 2 aliphatic heterocycles. The second-order valence-corrected chi connectivity index (χ2v) is 12.4. The molecule has 1 atom stereocenters. The second kappa shape index (κ2) is 9.35. The highest BCUT2D eigenvalue weighted by Gasteiger charge is 2.62. The van der Waals surface area contributed by atoms with Gasteiger partial charge in [0.2, 0.25) is 10.0 Å². The number of rotatable bonds is 5. The third-order valence-corrected chi connectivity index (χ3v) is 8.91. The molecule has 1 N–H and O–H groups in total. The average Bonchev–Trinajstić information content (AvgIpc) is 3.46. The highest BCUT2D eigenvalue weighted by Crippen LogP contribution is 2.50. The van der Waals surface area contributed by atoms with Gasteiger partial charge in [-0.15, -0.1) is 0 Å². The van der Waals surface area contributed by atoms with Crippen LogP contribution in [0, 0.1) is 5.82 Å². The summed E-state index contributed by atoms with van der Waals surface area (Å²) in [6.45, 7) is 0.353. The highest BCUT2D eigenvalue weighted by molar-refractivity contribution is 7.88. The van der Waals surface area contributed by atoms with Crippen LogP contribution in [0.15, 0.2) is 29.4 Å². The lowest BCUT2D eigenvalue weighted by atomic mass is 9.84. The zero-order chi connectivity index (χ0) is 27.6. The van der Waals surface area contributed by atoms with Gasteiger partial charge >= 0.3 is 6.18 Å². The molecule has 1 aliphatic carbocycles. The number of fused-ring (bicyclic) bond motifs is 1. The van der Waals surface area contributed by atoms with E-state index in [0.717, 1.165) is 18.4 Å². The first kappa shape index (κ1) is 27.2. The Balaban J connectivity index is 1.42. The summed E-state index contributed by atoms with van der Waals surface area (Å²) >= 11 is 11.6. The Labute approximate surface area is 225 Å². The van der Waals surface area contributed by atoms with Gasteiger partial charge in [0, 0.05) is 36.2 Å². The maximum Gasteiger partial charge on any atom is 0.435 e. The van der Waals surface area contributed by atoms with Crippen molar-refractivity contribution in [1.82, 2.24) is 9.62 Å². The lowest BCUT2D eigenvalue weighted by molar-refractivity contribution is -0.275. The first-order chi connectivity index (χ1) is 17.7. The number of nitrogens with zero attached hydrogens (tertiary/aromatic N) is 2. The van der Waals surface area contributed by atoms with E-state index >= 15 is 0 Å². The van der Waals surface area contributed by atoms with Gasteiger partial charge in [-0.2, -0.15) is 17.5 Å². The number of sulfonamides is 1. The van der Waals surface area contributed by atoms with Crippen LogP contribution in [0.4, 0.5) is 17.6 Å². The highest BCUT2D eigenvalue weighted by atomic mass is 35.5. The Kier molecular flexibility index (Phi) is 6.69. The van der Waals surface area contributed by atoms with Gasteiger partial charge in [-0.3, -0.25) is 4.79 Å². The van der Waals surface area contributed by atoms with Crippen LogP contribution in [0.2, 0.25) is 10.0 Å². The summed E-state index contributed by atoms with van der Waals surface area (Å²) in [7, 11) is -3.33. The van der Waals surface area contributed by atoms with Crippen molar-refractivity contribution in [2.75, 3.05) is 19.3 Å². The maximum absolute atomic E-state index is 14.4. The normalized spacial score (nSPS) is 22.0. The van der Waals surface area contributed by atoms with E-state index in [0.29, 0.717) is 41.5 Å². The molecule has 38 heavy (non-hydrogen) atoms. The van der Waals surface area contributed by atoms with E-state index < -0.39 is 49.6 Å². The van der Waals surface area contributed by atoms with Crippen molar-refractivity contribution in [2.24, 2.45) is 5.16 Å². The summed E-state index contributed by atoms with van der Waals surface area (Å²) in [6, 6.07) is 4.41. The van der Waals surface area contributed by atoms with Gasteiger partial charge < -0.3 is 10.2 Å². The second-order valence-electron chi connectivity index (χ2n) is 9.61. The molecule has 1 saturated heterocycles. The number of carbonyl (C=O) groups is 1. The molecule has 14 heteroatoms. The van der Waals surface area contributed by atoms with Crippen LogP contribution in [-0.2, 0) is 33.3 Å². The fourth-order valence-corrected chi connectivity index (χ4v) is 6.48. The minimum absolute atomic E-state index is 0.0341. The van der Waals surface area contributed by atoms with E-state index in [-0.39, 0.29) is 30.8 Å². The van der Waals surface area contributed by atoms with E-state index in [4.69, 9.17) is 28.0 Å². The molecule has 0 bridgehead atoms. The quantitative estimate of drug-likeness (QED) is 0.406. The molecule has 0 radical (unpaired) electrons. The molecule has 1 amide bonds. The van der Waals surface area contributed by atoms with Crippen molar-refractivity contribution < 1.29 is 35.6 Å². The van der Waals surface area contributed by atoms with Crippen LogP contribution in [0.25, 0.3) is 0 Å². The van der Waals surface area contributed by atoms with Gasteiger partial charge in [0.05, 0.1) is 28.1 Å². The number of nitrogens with one attached hydrogen (secondary N) is 1. The fourth-order valence-electron chi connectivity index (χ4n) is 5.09. The molecule has 2 heterocycles. The average molecular weight is 594 g/mol. The predicted molar refractivity (Wildman–Crippen MR) is 133 cm³/mol. The topological polar surface area (TPSA) is 88.1 Å². The van der Waals surface area contributed by atoms with E-state index in [2.05, 4.69) is 10.5 Å². The summed E-state index contributed by atoms with van der Waals surface area (Å²) in [6.07, 6.45) is -2.76. The van der Waals surface area contributed by atoms with Crippen LogP contribution < -0.4 is 5.32 Å². The van der Waals surface area contributed by atoms with E-state index in [1.54, 1.807) is 6.07 Å². The van der Waals surface area contributed by atoms with Crippen molar-refractivity contribution in [3.8, 4) is 0 Å². The SMILES string of the molecule is CS(=O)(=O)N1CC(NC(=O)c2ccc(C3=NOC(c4cc(Cl)c(F)c(Cl)c4)(C(F)(F)F)C3)c3c2CCC3)C1. The van der Waals surface area contributed by atoms with Crippen molar-refractivity contribution >= 4 is 44.8 Å². The van der Waals surface area contributed by atoms with Gasteiger partial charge in [0.25, 0.3) is 11.5 Å². The smallest absolute Gasteiger partial charge is 0.374 e. The molecule has 2 aromatic carbocycles. The zero-order valence-electron chi connectivity index (χ0n) is 19.8. The molecule has 0 saturated carbocycles. The number of alkyl halides is 3. The van der Waals surface area contributed by atoms with Gasteiger partial charge in [-0.25, -0.2) is 12.8 Å². The summed E-state index contributed by atoms with van der Waals surface area (Å²) in [5.74, 6) is -1.41. The van der Waals surface area contributed by atoms with Crippen molar-refractivity contribution in [3.63, 3.8) is 0 Å². The Bertz CT molecular complexity index is 1450. The molecular weight excluding hydrogens is 573 g/mol. The molecule has 2 aromatic rings. The lowest BCUT2D eigenvalue weighted by Gasteiger charge is -2.37. The van der Waals surface area contributed by atoms with Crippen LogP contribution in [0.3, 0.4) is 0 Å². The Morgan fingerprint density at radius 1 is 1.16 bits per heavy atom. The monoisotopic (exact) mass is 593 g/mol. The standard InChI is InChI=1S/C24H21Cl2F4N3O4S/c1-38(35,36)33-10-13(11-33)31-22(34)17-6-5-16(14-3-2-4-15(14)17)20-9-23(37-32-20,24(28,29)30)12-7-18(25)21(27)19(26)8-12/h5-8,13H,2-4,9-11H2,1H3,(H,31,34). The molecule has 7 nitrogen and oxygen atoms in total. The number of amides is 1. The molecule has 5 rings (SSSR count). The number of hydrogen-bond donors (Lipinski definition) is 1. The van der Waals surface area contributed by atoms with Crippen LogP contribution >= 0.6 is 23.2 Å². The van der Waals surface area contributed by atoms with Crippen LogP contribution in [0.5, 0.6) is 0 Å². The third-order valence-electron chi connectivity index (χ3n) is 7.13. The number of halogens is 6. The first-order valence-corrected chi connectivity index (χ1v) is 14.2. The van der Waals surface area contributed by atoms with Crippen LogP contribution in [0.1, 0.15) is 45.5 Å². The van der Waals surface area contributed by atoms with E-state index in [9.17, 15) is 30.8 Å². The first-order valence-electron chi connectivity index (χ1n) is 11.6. The molecule has 0 spiro atoms. The van der Waals surface area contributed by atoms with Crippen molar-refractivity contribution in [3.05, 3.63) is 67.9 Å². The lowest BCUT2D eigenvalue weighted by Crippen LogP contribution is -2.60. The Morgan fingerprint density at radius 2 is 1.79 bits per heavy atom. The zero-order valence-corrected chi connectivity index (χ0v) is 22.2. The molecule has 204 valence electrons. The summed E-state index contributed by atoms with van der Waals surface area (Å²) in [5, 5.41) is 5.46. The largest absolute Gasteiger partial charge is 0.435 e. The third kappa shape index (κ3) is 4.55. The van der Waals surface area contributed by atoms with Crippen LogP contribution in [-0.4, -0.2) is 55.9 Å². The number of oxime groups is 1. The number of carbonyl (C=O) groups excluding carboxylic acids is 1. The Morgan fingerprint density at radius 3 is 2.39 bits per heavy atom. The minimum atomic E-state index is -4.94. The summed E-state index contributed by atoms with van der Waals surface area (Å²) in [5.41, 5.74) is -1.12. The van der Waals surface area contributed by atoms with Gasteiger partial charge in [-0.05, 0) is 48.6 Å². The molecule has 1 fully saturated rings. The molecular formula is C24H21Cl2F4N3O4S. The van der Waals surface area contributed by atoms with Crippen molar-refractivity contribution in [2.45, 2.75) is 43.5 Å². The summed E-state index contributed by atoms with van der Waals surface area (Å²) in [4.78, 5) is 18.0. The minimum Gasteiger partial charge on any atom is -0.374 e. The van der Waals surface area contributed by atoms with Gasteiger partial charge in [0.15, 0.2) is 5.82 Å². The van der Waals surface area contributed by atoms with E-state index in [1.807, 2.05) is 0 Å². The van der Waals surface area contributed by atoms with Gasteiger partial charge in [0.1, 0.15) is 0 Å². The maximum atomic E-state index is 14.4. The number of benzene rings is 2. The molecule has 0 aromatic heterocycles. The van der Waals surface area contributed by atoms with Crippen molar-refractivity contribution in [1.29, 1.82) is 0 Å². The predicted octanol–water partition coefficient (Wildman–Crippen LogP) is 4.58. The van der Waals surface area contributed by atoms with E-state index in [1.165, 1.54) is 10.4 Å². The number of hydrogen-bond acceptors (Lipinski definition) is 5. The Hall–Kier alpha value is -2.41. The van der Waals surface area contributed by atoms with Gasteiger partial charge in [-0.1, -0.05) is 34.4 Å². The summed E-state index contributed by atoms with van der Waals surface area (Å²) < 4.78 is 81.5. The molecule has 3 aliphatic rings. The molecule has 1 unspecified atom stereocenters. The fraction of sp³-hybridized carbons (Fsp3) is 0.417.